The Labute approximate surface area is 123 Å². The topological polar surface area (TPSA) is 71.5 Å². The van der Waals surface area contributed by atoms with Gasteiger partial charge in [0, 0.05) is 22.2 Å². The van der Waals surface area contributed by atoms with Gasteiger partial charge in [-0.15, -0.1) is 11.3 Å². The molecule has 0 amide bonds. The Morgan fingerprint density at radius 3 is 2.80 bits per heavy atom. The van der Waals surface area contributed by atoms with Gasteiger partial charge in [0.15, 0.2) is 5.69 Å². The van der Waals surface area contributed by atoms with Crippen LogP contribution >= 0.6 is 22.9 Å². The van der Waals surface area contributed by atoms with Gasteiger partial charge in [0.1, 0.15) is 0 Å². The third-order valence-electron chi connectivity index (χ3n) is 2.44. The van der Waals surface area contributed by atoms with Crippen molar-refractivity contribution in [2.24, 2.45) is 4.99 Å². The molecule has 0 aliphatic heterocycles. The minimum Gasteiger partial charge on any atom is -0.479 e. The molecule has 0 atom stereocenters. The van der Waals surface area contributed by atoms with Crippen LogP contribution in [-0.2, 0) is 0 Å². The monoisotopic (exact) mass is 305 g/mol. The maximum Gasteiger partial charge on any atom is 0.312 e. The first-order valence-corrected chi connectivity index (χ1v) is 6.87. The normalized spacial score (nSPS) is 11.2. The van der Waals surface area contributed by atoms with E-state index in [0.717, 1.165) is 5.56 Å². The van der Waals surface area contributed by atoms with Crippen LogP contribution in [-0.4, -0.2) is 21.3 Å². The van der Waals surface area contributed by atoms with E-state index in [2.05, 4.69) is 15.0 Å². The summed E-state index contributed by atoms with van der Waals surface area (Å²) in [4.78, 5) is 12.3. The van der Waals surface area contributed by atoms with Crippen LogP contribution in [0.4, 0.5) is 5.13 Å². The van der Waals surface area contributed by atoms with Crippen molar-refractivity contribution in [2.45, 2.75) is 0 Å². The molecule has 0 fully saturated rings. The van der Waals surface area contributed by atoms with Gasteiger partial charge < -0.3 is 9.52 Å². The molecule has 5 nitrogen and oxygen atoms in total. The van der Waals surface area contributed by atoms with Crippen molar-refractivity contribution in [1.82, 2.24) is 9.97 Å². The van der Waals surface area contributed by atoms with Gasteiger partial charge >= 0.3 is 5.95 Å². The number of thiazole rings is 1. The average molecular weight is 306 g/mol. The van der Waals surface area contributed by atoms with Crippen molar-refractivity contribution in [1.29, 1.82) is 0 Å². The number of aromatic nitrogens is 2. The third kappa shape index (κ3) is 2.71. The standard InChI is InChI=1S/C13H8ClN3O2S/c14-9-3-1-8(2-4-9)11-17-10(12(18)19-11)7-16-13-15-5-6-20-13/h1-7,18H/b16-7+. The molecule has 3 rings (SSSR count). The van der Waals surface area contributed by atoms with Crippen LogP contribution in [0, 0.1) is 0 Å². The minimum absolute atomic E-state index is 0.255. The van der Waals surface area contributed by atoms with E-state index in [1.165, 1.54) is 17.6 Å². The Balaban J connectivity index is 1.89. The summed E-state index contributed by atoms with van der Waals surface area (Å²) in [5.41, 5.74) is 0.976. The van der Waals surface area contributed by atoms with Crippen molar-refractivity contribution < 1.29 is 9.52 Å². The molecular weight excluding hydrogens is 298 g/mol. The van der Waals surface area contributed by atoms with E-state index in [4.69, 9.17) is 16.0 Å². The molecule has 2 aromatic heterocycles. The van der Waals surface area contributed by atoms with Crippen LogP contribution in [0.25, 0.3) is 11.5 Å². The predicted molar refractivity (Wildman–Crippen MR) is 78.0 cm³/mol. The summed E-state index contributed by atoms with van der Waals surface area (Å²) in [5.74, 6) is 0.0232. The molecule has 3 aromatic rings. The minimum atomic E-state index is -0.282. The SMILES string of the molecule is Oc1oc(-c2ccc(Cl)cc2)nc1/C=N/c1nccs1. The second-order valence-electron chi connectivity index (χ2n) is 3.79. The fourth-order valence-electron chi connectivity index (χ4n) is 1.52. The van der Waals surface area contributed by atoms with Gasteiger partial charge in [-0.2, -0.15) is 0 Å². The van der Waals surface area contributed by atoms with Crippen LogP contribution in [0.15, 0.2) is 45.3 Å². The maximum atomic E-state index is 9.71. The van der Waals surface area contributed by atoms with E-state index < -0.39 is 0 Å². The van der Waals surface area contributed by atoms with Crippen molar-refractivity contribution in [3.05, 3.63) is 46.6 Å². The Morgan fingerprint density at radius 1 is 1.30 bits per heavy atom. The molecule has 1 aromatic carbocycles. The van der Waals surface area contributed by atoms with Crippen molar-refractivity contribution >= 4 is 34.3 Å². The second kappa shape index (κ2) is 5.44. The lowest BCUT2D eigenvalue weighted by molar-refractivity contribution is 0.337. The fraction of sp³-hybridized carbons (Fsp3) is 0. The summed E-state index contributed by atoms with van der Waals surface area (Å²) in [5, 5.41) is 12.7. The lowest BCUT2D eigenvalue weighted by Gasteiger charge is -1.93. The summed E-state index contributed by atoms with van der Waals surface area (Å²) in [6.07, 6.45) is 3.07. The molecule has 2 heterocycles. The Bertz CT molecular complexity index is 736. The molecule has 0 bridgehead atoms. The molecule has 20 heavy (non-hydrogen) atoms. The first-order chi connectivity index (χ1) is 9.72. The van der Waals surface area contributed by atoms with Gasteiger partial charge in [0.25, 0.3) is 0 Å². The Hall–Kier alpha value is -2.18. The fourth-order valence-corrected chi connectivity index (χ4v) is 2.12. The first kappa shape index (κ1) is 12.8. The highest BCUT2D eigenvalue weighted by molar-refractivity contribution is 7.13. The van der Waals surface area contributed by atoms with E-state index in [1.54, 1.807) is 30.5 Å². The first-order valence-electron chi connectivity index (χ1n) is 5.61. The average Bonchev–Trinajstić information content (AvgIpc) is 3.07. The Morgan fingerprint density at radius 2 is 2.10 bits per heavy atom. The second-order valence-corrected chi connectivity index (χ2v) is 5.10. The zero-order chi connectivity index (χ0) is 13.9. The molecule has 0 aliphatic carbocycles. The van der Waals surface area contributed by atoms with Crippen molar-refractivity contribution in [2.75, 3.05) is 0 Å². The van der Waals surface area contributed by atoms with Crippen LogP contribution < -0.4 is 0 Å². The number of aliphatic imine (C=N–C) groups is 1. The zero-order valence-electron chi connectivity index (χ0n) is 10.0. The number of nitrogens with zero attached hydrogens (tertiary/aromatic N) is 3. The molecule has 0 unspecified atom stereocenters. The van der Waals surface area contributed by atoms with Gasteiger partial charge in [0.05, 0.1) is 6.21 Å². The number of hydrogen-bond acceptors (Lipinski definition) is 6. The van der Waals surface area contributed by atoms with Crippen LogP contribution in [0.3, 0.4) is 0 Å². The quantitative estimate of drug-likeness (QED) is 0.745. The van der Waals surface area contributed by atoms with E-state index in [-0.39, 0.29) is 11.6 Å². The van der Waals surface area contributed by atoms with E-state index >= 15 is 0 Å². The number of aromatic hydroxyl groups is 1. The predicted octanol–water partition coefficient (Wildman–Crippen LogP) is 3.91. The molecule has 1 N–H and O–H groups in total. The van der Waals surface area contributed by atoms with Crippen molar-refractivity contribution in [3.63, 3.8) is 0 Å². The third-order valence-corrected chi connectivity index (χ3v) is 3.37. The summed E-state index contributed by atoms with van der Waals surface area (Å²) in [6, 6.07) is 6.97. The van der Waals surface area contributed by atoms with Gasteiger partial charge in [-0.1, -0.05) is 11.6 Å². The maximum absolute atomic E-state index is 9.71. The number of hydrogen-bond donors (Lipinski definition) is 1. The molecule has 7 heteroatoms. The number of rotatable bonds is 3. The zero-order valence-corrected chi connectivity index (χ0v) is 11.6. The number of oxazole rings is 1. The van der Waals surface area contributed by atoms with Crippen LogP contribution in [0.2, 0.25) is 5.02 Å². The number of benzene rings is 1. The summed E-state index contributed by atoms with van der Waals surface area (Å²) in [6.45, 7) is 0. The van der Waals surface area contributed by atoms with Crippen LogP contribution in [0.5, 0.6) is 5.95 Å². The van der Waals surface area contributed by atoms with E-state index in [1.807, 2.05) is 5.38 Å². The lowest BCUT2D eigenvalue weighted by atomic mass is 10.2. The largest absolute Gasteiger partial charge is 0.479 e. The highest BCUT2D eigenvalue weighted by Crippen LogP contribution is 2.27. The smallest absolute Gasteiger partial charge is 0.312 e. The molecule has 0 aliphatic rings. The summed E-state index contributed by atoms with van der Waals surface area (Å²) < 4.78 is 5.20. The van der Waals surface area contributed by atoms with Crippen molar-refractivity contribution in [3.8, 4) is 17.4 Å². The van der Waals surface area contributed by atoms with Gasteiger partial charge in [-0.05, 0) is 24.3 Å². The molecule has 0 spiro atoms. The lowest BCUT2D eigenvalue weighted by Crippen LogP contribution is -1.82. The molecular formula is C13H8ClN3O2S. The summed E-state index contributed by atoms with van der Waals surface area (Å²) >= 11 is 7.20. The van der Waals surface area contributed by atoms with E-state index in [0.29, 0.717) is 16.0 Å². The number of halogens is 1. The molecule has 0 saturated carbocycles. The Kier molecular flexibility index (Phi) is 3.49. The highest BCUT2D eigenvalue weighted by Gasteiger charge is 2.12. The van der Waals surface area contributed by atoms with Gasteiger partial charge in [-0.3, -0.25) is 0 Å². The molecule has 0 saturated heterocycles. The van der Waals surface area contributed by atoms with Gasteiger partial charge in [-0.25, -0.2) is 15.0 Å². The highest BCUT2D eigenvalue weighted by atomic mass is 35.5. The summed E-state index contributed by atoms with van der Waals surface area (Å²) in [7, 11) is 0. The molecule has 0 radical (unpaired) electrons. The molecule has 100 valence electrons. The van der Waals surface area contributed by atoms with Gasteiger partial charge in [0.2, 0.25) is 11.0 Å². The van der Waals surface area contributed by atoms with E-state index in [9.17, 15) is 5.11 Å². The van der Waals surface area contributed by atoms with Crippen LogP contribution in [0.1, 0.15) is 5.69 Å².